The van der Waals surface area contributed by atoms with Crippen LogP contribution in [0.4, 0.5) is 11.4 Å². The molecule has 0 aliphatic heterocycles. The van der Waals surface area contributed by atoms with E-state index in [1.54, 1.807) is 0 Å². The highest BCUT2D eigenvalue weighted by Crippen LogP contribution is 2.28. The molecule has 0 aromatic heterocycles. The molecule has 0 radical (unpaired) electrons. The molecule has 0 unspecified atom stereocenters. The summed E-state index contributed by atoms with van der Waals surface area (Å²) < 4.78 is 26.1. The van der Waals surface area contributed by atoms with Crippen LogP contribution in [0.25, 0.3) is 0 Å². The van der Waals surface area contributed by atoms with Gasteiger partial charge in [0.1, 0.15) is 5.69 Å². The van der Waals surface area contributed by atoms with Crippen molar-refractivity contribution in [3.05, 3.63) is 28.3 Å². The van der Waals surface area contributed by atoms with Crippen LogP contribution in [0, 0.1) is 10.1 Å². The fraction of sp³-hybridized carbons (Fsp3) is 0.500. The predicted molar refractivity (Wildman–Crippen MR) is 78.8 cm³/mol. The summed E-state index contributed by atoms with van der Waals surface area (Å²) in [4.78, 5) is 10.2. The summed E-state index contributed by atoms with van der Waals surface area (Å²) in [7, 11) is -2.31. The number of nitrogens with zero attached hydrogens (tertiary/aromatic N) is 2. The van der Waals surface area contributed by atoms with Crippen molar-refractivity contribution < 1.29 is 18.4 Å². The Balaban J connectivity index is 3.27. The monoisotopic (exact) mass is 317 g/mol. The first-order chi connectivity index (χ1) is 9.88. The number of hydrogen-bond acceptors (Lipinski definition) is 6. The Morgan fingerprint density at radius 2 is 2.05 bits per heavy atom. The second kappa shape index (κ2) is 7.34. The number of hydrogen-bond donors (Lipinski definition) is 2. The molecule has 0 bridgehead atoms. The second-order valence-corrected chi connectivity index (χ2v) is 6.25. The number of sulfonamides is 1. The summed E-state index contributed by atoms with van der Waals surface area (Å²) in [5.41, 5.74) is -0.0674. The summed E-state index contributed by atoms with van der Waals surface area (Å²) in [6.07, 6.45) is 0.602. The summed E-state index contributed by atoms with van der Waals surface area (Å²) in [6, 6.07) is 3.59. The molecule has 0 saturated carbocycles. The number of nitro benzene ring substituents is 1. The average Bonchev–Trinajstić information content (AvgIpc) is 2.46. The largest absolute Gasteiger partial charge is 0.395 e. The number of aliphatic hydroxyl groups is 1. The fourth-order valence-corrected chi connectivity index (χ4v) is 3.45. The van der Waals surface area contributed by atoms with Gasteiger partial charge in [-0.25, -0.2) is 8.42 Å². The van der Waals surface area contributed by atoms with Crippen LogP contribution in [0.3, 0.4) is 0 Å². The van der Waals surface area contributed by atoms with Gasteiger partial charge < -0.3 is 10.4 Å². The number of aliphatic hydroxyl groups excluding tert-OH is 1. The van der Waals surface area contributed by atoms with E-state index >= 15 is 0 Å². The number of benzene rings is 1. The molecule has 1 rings (SSSR count). The first kappa shape index (κ1) is 17.3. The van der Waals surface area contributed by atoms with Crippen LogP contribution < -0.4 is 5.32 Å². The summed E-state index contributed by atoms with van der Waals surface area (Å²) in [6.45, 7) is 1.80. The summed E-state index contributed by atoms with van der Waals surface area (Å²) in [5, 5.41) is 22.5. The molecule has 1 aromatic carbocycles. The second-order valence-electron chi connectivity index (χ2n) is 4.31. The highest BCUT2D eigenvalue weighted by atomic mass is 32.2. The van der Waals surface area contributed by atoms with Gasteiger partial charge in [0.15, 0.2) is 0 Å². The van der Waals surface area contributed by atoms with E-state index in [9.17, 15) is 18.5 Å². The van der Waals surface area contributed by atoms with Crippen LogP contribution in [0.5, 0.6) is 0 Å². The molecule has 0 aliphatic carbocycles. The molecular formula is C12H19N3O5S. The van der Waals surface area contributed by atoms with Gasteiger partial charge in [0.05, 0.1) is 16.4 Å². The van der Waals surface area contributed by atoms with Crippen molar-refractivity contribution in [1.29, 1.82) is 0 Å². The number of anilines is 1. The van der Waals surface area contributed by atoms with Gasteiger partial charge in [-0.05, 0) is 18.6 Å². The minimum atomic E-state index is -3.79. The Bertz CT molecular complexity index is 597. The molecule has 8 nitrogen and oxygen atoms in total. The van der Waals surface area contributed by atoms with E-state index < -0.39 is 14.9 Å². The molecule has 0 saturated heterocycles. The first-order valence-electron chi connectivity index (χ1n) is 6.45. The third-order valence-corrected chi connectivity index (χ3v) is 4.79. The van der Waals surface area contributed by atoms with Crippen molar-refractivity contribution in [1.82, 2.24) is 4.31 Å². The van der Waals surface area contributed by atoms with Crippen molar-refractivity contribution in [3.63, 3.8) is 0 Å². The quantitative estimate of drug-likeness (QED) is 0.547. The zero-order valence-electron chi connectivity index (χ0n) is 11.9. The van der Waals surface area contributed by atoms with Crippen molar-refractivity contribution >= 4 is 21.4 Å². The minimum absolute atomic E-state index is 0.0119. The number of nitrogens with one attached hydrogen (secondary N) is 1. The normalized spacial score (nSPS) is 11.6. The predicted octanol–water partition coefficient (Wildman–Crippen LogP) is 1.03. The van der Waals surface area contributed by atoms with Crippen LogP contribution in [0.1, 0.15) is 13.3 Å². The van der Waals surface area contributed by atoms with E-state index in [-0.39, 0.29) is 36.0 Å². The van der Waals surface area contributed by atoms with Crippen molar-refractivity contribution in [2.45, 2.75) is 18.2 Å². The Labute approximate surface area is 123 Å². The van der Waals surface area contributed by atoms with Gasteiger partial charge in [-0.1, -0.05) is 6.92 Å². The summed E-state index contributed by atoms with van der Waals surface area (Å²) in [5.74, 6) is 0. The van der Waals surface area contributed by atoms with Gasteiger partial charge in [-0.2, -0.15) is 4.31 Å². The van der Waals surface area contributed by atoms with Gasteiger partial charge >= 0.3 is 0 Å². The lowest BCUT2D eigenvalue weighted by atomic mass is 10.3. The molecule has 0 amide bonds. The summed E-state index contributed by atoms with van der Waals surface area (Å²) >= 11 is 0. The SMILES string of the molecule is CCCN(CCO)S(=O)(=O)c1ccc([N+](=O)[O-])c(NC)c1. The molecule has 0 spiro atoms. The maximum absolute atomic E-state index is 12.5. The molecule has 21 heavy (non-hydrogen) atoms. The molecule has 118 valence electrons. The Kier molecular flexibility index (Phi) is 6.06. The van der Waals surface area contributed by atoms with Gasteiger partial charge in [0.25, 0.3) is 5.69 Å². The van der Waals surface area contributed by atoms with Crippen molar-refractivity contribution in [2.24, 2.45) is 0 Å². The average molecular weight is 317 g/mol. The van der Waals surface area contributed by atoms with Gasteiger partial charge in [0, 0.05) is 26.2 Å². The van der Waals surface area contributed by atoms with Crippen LogP contribution in [-0.2, 0) is 10.0 Å². The highest BCUT2D eigenvalue weighted by molar-refractivity contribution is 7.89. The van der Waals surface area contributed by atoms with E-state index in [0.29, 0.717) is 6.42 Å². The lowest BCUT2D eigenvalue weighted by Crippen LogP contribution is -2.34. The third-order valence-electron chi connectivity index (χ3n) is 2.89. The minimum Gasteiger partial charge on any atom is -0.395 e. The standard InChI is InChI=1S/C12H19N3O5S/c1-3-6-14(7-8-16)21(19,20)10-4-5-12(15(17)18)11(9-10)13-2/h4-5,9,13,16H,3,6-8H2,1-2H3. The Morgan fingerprint density at radius 1 is 1.38 bits per heavy atom. The van der Waals surface area contributed by atoms with Crippen LogP contribution >= 0.6 is 0 Å². The van der Waals surface area contributed by atoms with E-state index in [0.717, 1.165) is 10.4 Å². The topological polar surface area (TPSA) is 113 Å². The lowest BCUT2D eigenvalue weighted by molar-refractivity contribution is -0.384. The van der Waals surface area contributed by atoms with Gasteiger partial charge in [0.2, 0.25) is 10.0 Å². The smallest absolute Gasteiger partial charge is 0.292 e. The molecule has 9 heteroatoms. The Hall–Kier alpha value is -1.71. The van der Waals surface area contributed by atoms with E-state index in [4.69, 9.17) is 5.11 Å². The number of rotatable bonds is 8. The third kappa shape index (κ3) is 3.90. The van der Waals surface area contributed by atoms with Crippen LogP contribution in [0.15, 0.2) is 23.1 Å². The van der Waals surface area contributed by atoms with Crippen molar-refractivity contribution in [2.75, 3.05) is 32.1 Å². The zero-order chi connectivity index (χ0) is 16.0. The van der Waals surface area contributed by atoms with Crippen LogP contribution in [-0.4, -0.2) is 49.5 Å². The van der Waals surface area contributed by atoms with E-state index in [2.05, 4.69) is 5.32 Å². The molecular weight excluding hydrogens is 298 g/mol. The molecule has 0 fully saturated rings. The molecule has 0 atom stereocenters. The first-order valence-corrected chi connectivity index (χ1v) is 7.89. The molecule has 0 heterocycles. The molecule has 0 aliphatic rings. The maximum Gasteiger partial charge on any atom is 0.292 e. The highest BCUT2D eigenvalue weighted by Gasteiger charge is 2.25. The molecule has 2 N–H and O–H groups in total. The zero-order valence-corrected chi connectivity index (χ0v) is 12.8. The fourth-order valence-electron chi connectivity index (χ4n) is 1.90. The molecule has 1 aromatic rings. The number of nitro groups is 1. The lowest BCUT2D eigenvalue weighted by Gasteiger charge is -2.20. The maximum atomic E-state index is 12.5. The van der Waals surface area contributed by atoms with E-state index in [1.807, 2.05) is 6.92 Å². The van der Waals surface area contributed by atoms with E-state index in [1.165, 1.54) is 19.2 Å². The Morgan fingerprint density at radius 3 is 2.52 bits per heavy atom. The van der Waals surface area contributed by atoms with Crippen molar-refractivity contribution in [3.8, 4) is 0 Å². The van der Waals surface area contributed by atoms with Gasteiger partial charge in [-0.3, -0.25) is 10.1 Å². The van der Waals surface area contributed by atoms with Crippen LogP contribution in [0.2, 0.25) is 0 Å². The van der Waals surface area contributed by atoms with Gasteiger partial charge in [-0.15, -0.1) is 0 Å².